The summed E-state index contributed by atoms with van der Waals surface area (Å²) >= 11 is 0. The minimum absolute atomic E-state index is 0.0116. The highest BCUT2D eigenvalue weighted by Gasteiger charge is 2.34. The van der Waals surface area contributed by atoms with Crippen LogP contribution in [0.4, 0.5) is 0 Å². The molecule has 2 amide bonds. The number of rotatable bonds is 8. The Kier molecular flexibility index (Phi) is 7.24. The zero-order valence-electron chi connectivity index (χ0n) is 16.2. The summed E-state index contributed by atoms with van der Waals surface area (Å²) in [6.45, 7) is 8.30. The van der Waals surface area contributed by atoms with Crippen LogP contribution >= 0.6 is 0 Å². The van der Waals surface area contributed by atoms with Crippen molar-refractivity contribution in [3.63, 3.8) is 0 Å². The highest BCUT2D eigenvalue weighted by molar-refractivity contribution is 5.89. The van der Waals surface area contributed by atoms with Crippen LogP contribution in [-0.2, 0) is 14.3 Å². The molecule has 1 N–H and O–H groups in total. The Labute approximate surface area is 161 Å². The highest BCUT2D eigenvalue weighted by Crippen LogP contribution is 2.20. The molecular weight excluding hydrogens is 342 g/mol. The van der Waals surface area contributed by atoms with Crippen LogP contribution in [0.25, 0.3) is 0 Å². The Morgan fingerprint density at radius 2 is 1.96 bits per heavy atom. The lowest BCUT2D eigenvalue weighted by molar-refractivity contribution is -0.129. The molecule has 2 aliphatic rings. The van der Waals surface area contributed by atoms with Crippen molar-refractivity contribution in [3.05, 3.63) is 35.9 Å². The van der Waals surface area contributed by atoms with E-state index >= 15 is 0 Å². The molecule has 1 aromatic carbocycles. The highest BCUT2D eigenvalue weighted by atomic mass is 16.5. The fourth-order valence-electron chi connectivity index (χ4n) is 3.76. The van der Waals surface area contributed by atoms with Gasteiger partial charge in [0.2, 0.25) is 11.8 Å². The van der Waals surface area contributed by atoms with E-state index in [0.29, 0.717) is 32.0 Å². The zero-order chi connectivity index (χ0) is 19.1. The van der Waals surface area contributed by atoms with E-state index in [4.69, 9.17) is 4.74 Å². The maximum Gasteiger partial charge on any atom is 0.225 e. The first-order valence-electron chi connectivity index (χ1n) is 10.0. The molecule has 6 heteroatoms. The van der Waals surface area contributed by atoms with Gasteiger partial charge in [-0.25, -0.2) is 0 Å². The van der Waals surface area contributed by atoms with Crippen molar-refractivity contribution in [1.29, 1.82) is 0 Å². The normalized spacial score (nSPS) is 22.0. The number of morpholine rings is 1. The van der Waals surface area contributed by atoms with Gasteiger partial charge in [0.1, 0.15) is 0 Å². The van der Waals surface area contributed by atoms with Gasteiger partial charge in [-0.05, 0) is 17.9 Å². The van der Waals surface area contributed by atoms with Gasteiger partial charge in [-0.2, -0.15) is 0 Å². The van der Waals surface area contributed by atoms with Gasteiger partial charge in [-0.3, -0.25) is 14.5 Å². The standard InChI is InChI=1S/C21H31N3O3/c1-17(18-5-3-2-4-6-18)7-8-22-21(26)19-15-20(25)24(16-19)10-9-23-11-13-27-14-12-23/h2-6,17,19H,7-16H2,1H3,(H,22,26)/t17-,19+/m0/s1. The monoisotopic (exact) mass is 373 g/mol. The summed E-state index contributed by atoms with van der Waals surface area (Å²) in [6, 6.07) is 10.3. The first-order valence-corrected chi connectivity index (χ1v) is 10.0. The largest absolute Gasteiger partial charge is 0.379 e. The average Bonchev–Trinajstić information content (AvgIpc) is 3.08. The molecular formula is C21H31N3O3. The lowest BCUT2D eigenvalue weighted by Gasteiger charge is -2.28. The van der Waals surface area contributed by atoms with Crippen LogP contribution in [0.3, 0.4) is 0 Å². The van der Waals surface area contributed by atoms with Crippen LogP contribution in [0.15, 0.2) is 30.3 Å². The molecule has 0 aromatic heterocycles. The van der Waals surface area contributed by atoms with E-state index in [0.717, 1.165) is 39.3 Å². The van der Waals surface area contributed by atoms with Crippen LogP contribution in [0.2, 0.25) is 0 Å². The molecule has 0 bridgehead atoms. The van der Waals surface area contributed by atoms with E-state index in [-0.39, 0.29) is 17.7 Å². The van der Waals surface area contributed by atoms with Gasteiger partial charge < -0.3 is 15.0 Å². The number of carbonyl (C=O) groups is 2. The fraction of sp³-hybridized carbons (Fsp3) is 0.619. The van der Waals surface area contributed by atoms with E-state index in [2.05, 4.69) is 29.3 Å². The summed E-state index contributed by atoms with van der Waals surface area (Å²) in [6.07, 6.45) is 1.24. The van der Waals surface area contributed by atoms with Gasteiger partial charge in [-0.15, -0.1) is 0 Å². The average molecular weight is 373 g/mol. The number of amides is 2. The van der Waals surface area contributed by atoms with Crippen LogP contribution in [0, 0.1) is 5.92 Å². The number of hydrogen-bond acceptors (Lipinski definition) is 4. The second kappa shape index (κ2) is 9.85. The summed E-state index contributed by atoms with van der Waals surface area (Å²) in [5, 5.41) is 3.03. The number of benzene rings is 1. The van der Waals surface area contributed by atoms with Gasteiger partial charge in [0.25, 0.3) is 0 Å². The molecule has 2 aliphatic heterocycles. The first kappa shape index (κ1) is 19.8. The van der Waals surface area contributed by atoms with Crippen LogP contribution in [0.5, 0.6) is 0 Å². The van der Waals surface area contributed by atoms with Crippen LogP contribution in [0.1, 0.15) is 31.2 Å². The van der Waals surface area contributed by atoms with Gasteiger partial charge in [0.15, 0.2) is 0 Å². The van der Waals surface area contributed by atoms with Crippen molar-refractivity contribution in [2.24, 2.45) is 5.92 Å². The molecule has 0 radical (unpaired) electrons. The summed E-state index contributed by atoms with van der Waals surface area (Å²) < 4.78 is 5.35. The van der Waals surface area contributed by atoms with E-state index in [9.17, 15) is 9.59 Å². The van der Waals surface area contributed by atoms with Gasteiger partial charge in [-0.1, -0.05) is 37.3 Å². The van der Waals surface area contributed by atoms with Gasteiger partial charge in [0.05, 0.1) is 19.1 Å². The number of likely N-dealkylation sites (tertiary alicyclic amines) is 1. The lowest BCUT2D eigenvalue weighted by atomic mass is 9.98. The zero-order valence-corrected chi connectivity index (χ0v) is 16.2. The Morgan fingerprint density at radius 1 is 1.22 bits per heavy atom. The van der Waals surface area contributed by atoms with E-state index < -0.39 is 0 Å². The minimum Gasteiger partial charge on any atom is -0.379 e. The topological polar surface area (TPSA) is 61.9 Å². The van der Waals surface area contributed by atoms with Crippen molar-refractivity contribution in [2.45, 2.75) is 25.7 Å². The van der Waals surface area contributed by atoms with E-state index in [1.807, 2.05) is 23.1 Å². The van der Waals surface area contributed by atoms with Crippen molar-refractivity contribution in [2.75, 3.05) is 52.5 Å². The Morgan fingerprint density at radius 3 is 2.70 bits per heavy atom. The first-order chi connectivity index (χ1) is 13.1. The van der Waals surface area contributed by atoms with Crippen molar-refractivity contribution >= 4 is 11.8 Å². The maximum atomic E-state index is 12.4. The Bertz CT molecular complexity index is 616. The molecule has 2 saturated heterocycles. The number of nitrogens with zero attached hydrogens (tertiary/aromatic N) is 2. The second-order valence-electron chi connectivity index (χ2n) is 7.59. The second-order valence-corrected chi connectivity index (χ2v) is 7.59. The number of carbonyl (C=O) groups excluding carboxylic acids is 2. The molecule has 2 atom stereocenters. The van der Waals surface area contributed by atoms with Gasteiger partial charge >= 0.3 is 0 Å². The third-order valence-corrected chi connectivity index (χ3v) is 5.62. The molecule has 148 valence electrons. The van der Waals surface area contributed by atoms with Crippen molar-refractivity contribution in [1.82, 2.24) is 15.1 Å². The summed E-state index contributed by atoms with van der Waals surface area (Å²) in [4.78, 5) is 28.8. The molecule has 2 fully saturated rings. The third kappa shape index (κ3) is 5.78. The Hall–Kier alpha value is -1.92. The minimum atomic E-state index is -0.214. The predicted molar refractivity (Wildman–Crippen MR) is 104 cm³/mol. The molecule has 6 nitrogen and oxygen atoms in total. The summed E-state index contributed by atoms with van der Waals surface area (Å²) in [5.41, 5.74) is 1.29. The summed E-state index contributed by atoms with van der Waals surface area (Å²) in [5.74, 6) is 0.300. The number of nitrogens with one attached hydrogen (secondary N) is 1. The van der Waals surface area contributed by atoms with E-state index in [1.165, 1.54) is 5.56 Å². The Balaban J connectivity index is 1.37. The predicted octanol–water partition coefficient (Wildman–Crippen LogP) is 1.48. The van der Waals surface area contributed by atoms with Crippen LogP contribution in [-0.4, -0.2) is 74.1 Å². The molecule has 0 spiro atoms. The number of hydrogen-bond donors (Lipinski definition) is 1. The molecule has 27 heavy (non-hydrogen) atoms. The lowest BCUT2D eigenvalue weighted by Crippen LogP contribution is -2.42. The van der Waals surface area contributed by atoms with Crippen molar-refractivity contribution in [3.8, 4) is 0 Å². The SMILES string of the molecule is C[C@@H](CCNC(=O)[C@@H]1CC(=O)N(CCN2CCOCC2)C1)c1ccccc1. The molecule has 0 saturated carbocycles. The van der Waals surface area contributed by atoms with Gasteiger partial charge in [0, 0.05) is 45.7 Å². The summed E-state index contributed by atoms with van der Waals surface area (Å²) in [7, 11) is 0. The number of ether oxygens (including phenoxy) is 1. The van der Waals surface area contributed by atoms with Crippen molar-refractivity contribution < 1.29 is 14.3 Å². The molecule has 0 aliphatic carbocycles. The molecule has 0 unspecified atom stereocenters. The molecule has 3 rings (SSSR count). The quantitative estimate of drug-likeness (QED) is 0.750. The third-order valence-electron chi connectivity index (χ3n) is 5.62. The maximum absolute atomic E-state index is 12.4. The van der Waals surface area contributed by atoms with Crippen LogP contribution < -0.4 is 5.32 Å². The molecule has 2 heterocycles. The fourth-order valence-corrected chi connectivity index (χ4v) is 3.76. The molecule has 1 aromatic rings. The van der Waals surface area contributed by atoms with E-state index in [1.54, 1.807) is 0 Å². The smallest absolute Gasteiger partial charge is 0.225 e.